The SMILES string of the molecule is Cc1ccc(-c2noc(CN(C)Cc3cccc(Cl)c3)n2)cc1F. The highest BCUT2D eigenvalue weighted by molar-refractivity contribution is 6.30. The summed E-state index contributed by atoms with van der Waals surface area (Å²) in [6.45, 7) is 2.91. The summed E-state index contributed by atoms with van der Waals surface area (Å²) in [6.07, 6.45) is 0. The van der Waals surface area contributed by atoms with Gasteiger partial charge in [-0.1, -0.05) is 41.0 Å². The van der Waals surface area contributed by atoms with Crippen LogP contribution in [-0.2, 0) is 13.1 Å². The highest BCUT2D eigenvalue weighted by Gasteiger charge is 2.12. The van der Waals surface area contributed by atoms with E-state index in [4.69, 9.17) is 16.1 Å². The molecule has 0 atom stereocenters. The van der Waals surface area contributed by atoms with Gasteiger partial charge in [0.2, 0.25) is 11.7 Å². The van der Waals surface area contributed by atoms with E-state index in [1.165, 1.54) is 6.07 Å². The fraction of sp³-hybridized carbons (Fsp3) is 0.222. The van der Waals surface area contributed by atoms with Crippen molar-refractivity contribution in [3.05, 3.63) is 70.3 Å². The van der Waals surface area contributed by atoms with E-state index in [0.717, 1.165) is 5.56 Å². The lowest BCUT2D eigenvalue weighted by Crippen LogP contribution is -2.17. The third kappa shape index (κ3) is 3.99. The van der Waals surface area contributed by atoms with E-state index in [2.05, 4.69) is 10.1 Å². The molecule has 0 spiro atoms. The molecule has 0 aliphatic rings. The quantitative estimate of drug-likeness (QED) is 0.684. The first-order valence-electron chi connectivity index (χ1n) is 7.53. The smallest absolute Gasteiger partial charge is 0.241 e. The molecule has 0 bridgehead atoms. The molecule has 124 valence electrons. The van der Waals surface area contributed by atoms with Crippen LogP contribution in [0.5, 0.6) is 0 Å². The summed E-state index contributed by atoms with van der Waals surface area (Å²) in [6, 6.07) is 12.6. The predicted molar refractivity (Wildman–Crippen MR) is 91.1 cm³/mol. The molecule has 1 aromatic heterocycles. The Balaban J connectivity index is 1.68. The molecule has 6 heteroatoms. The summed E-state index contributed by atoms with van der Waals surface area (Å²) >= 11 is 5.99. The van der Waals surface area contributed by atoms with E-state index in [1.807, 2.05) is 36.2 Å². The Morgan fingerprint density at radius 1 is 1.17 bits per heavy atom. The first-order valence-corrected chi connectivity index (χ1v) is 7.91. The maximum Gasteiger partial charge on any atom is 0.241 e. The van der Waals surface area contributed by atoms with Crippen LogP contribution in [0.4, 0.5) is 4.39 Å². The van der Waals surface area contributed by atoms with Crippen LogP contribution in [0.15, 0.2) is 47.0 Å². The summed E-state index contributed by atoms with van der Waals surface area (Å²) in [5.74, 6) is 0.590. The third-order valence-corrected chi connectivity index (χ3v) is 3.88. The Bertz CT molecular complexity index is 850. The molecule has 4 nitrogen and oxygen atoms in total. The van der Waals surface area contributed by atoms with Crippen LogP contribution >= 0.6 is 11.6 Å². The lowest BCUT2D eigenvalue weighted by molar-refractivity contribution is 0.261. The highest BCUT2D eigenvalue weighted by Crippen LogP contribution is 2.20. The molecule has 3 rings (SSSR count). The maximum atomic E-state index is 13.7. The van der Waals surface area contributed by atoms with Gasteiger partial charge in [-0.15, -0.1) is 0 Å². The Hall–Kier alpha value is -2.24. The Labute approximate surface area is 144 Å². The third-order valence-electron chi connectivity index (χ3n) is 3.64. The minimum atomic E-state index is -0.281. The molecule has 0 radical (unpaired) electrons. The number of hydrogen-bond acceptors (Lipinski definition) is 4. The van der Waals surface area contributed by atoms with Crippen molar-refractivity contribution in [3.8, 4) is 11.4 Å². The van der Waals surface area contributed by atoms with Crippen molar-refractivity contribution in [3.63, 3.8) is 0 Å². The van der Waals surface area contributed by atoms with Crippen LogP contribution in [0, 0.1) is 12.7 Å². The highest BCUT2D eigenvalue weighted by atomic mass is 35.5. The molecule has 24 heavy (non-hydrogen) atoms. The fourth-order valence-corrected chi connectivity index (χ4v) is 2.61. The molecule has 0 fully saturated rings. The number of rotatable bonds is 5. The number of nitrogens with zero attached hydrogens (tertiary/aromatic N) is 3. The number of aryl methyl sites for hydroxylation is 1. The molecule has 1 heterocycles. The molecule has 0 N–H and O–H groups in total. The van der Waals surface area contributed by atoms with E-state index in [1.54, 1.807) is 19.1 Å². The van der Waals surface area contributed by atoms with Gasteiger partial charge in [0.15, 0.2) is 0 Å². The summed E-state index contributed by atoms with van der Waals surface area (Å²) in [7, 11) is 1.95. The summed E-state index contributed by atoms with van der Waals surface area (Å²) in [5.41, 5.74) is 2.29. The lowest BCUT2D eigenvalue weighted by Gasteiger charge is -2.14. The van der Waals surface area contributed by atoms with Gasteiger partial charge < -0.3 is 4.52 Å². The van der Waals surface area contributed by atoms with Crippen LogP contribution in [0.2, 0.25) is 5.02 Å². The second-order valence-electron chi connectivity index (χ2n) is 5.78. The molecule has 3 aromatic rings. The van der Waals surface area contributed by atoms with E-state index < -0.39 is 0 Å². The normalized spacial score (nSPS) is 11.2. The summed E-state index contributed by atoms with van der Waals surface area (Å²) in [4.78, 5) is 6.38. The summed E-state index contributed by atoms with van der Waals surface area (Å²) < 4.78 is 18.9. The zero-order chi connectivity index (χ0) is 17.1. The zero-order valence-electron chi connectivity index (χ0n) is 13.5. The number of benzene rings is 2. The molecule has 0 saturated carbocycles. The first kappa shape index (κ1) is 16.6. The number of hydrogen-bond donors (Lipinski definition) is 0. The van der Waals surface area contributed by atoms with Crippen LogP contribution in [-0.4, -0.2) is 22.1 Å². The van der Waals surface area contributed by atoms with E-state index in [0.29, 0.717) is 41.0 Å². The molecule has 2 aromatic carbocycles. The molecular weight excluding hydrogens is 329 g/mol. The van der Waals surface area contributed by atoms with Crippen LogP contribution in [0.3, 0.4) is 0 Å². The van der Waals surface area contributed by atoms with Gasteiger partial charge in [-0.2, -0.15) is 4.98 Å². The van der Waals surface area contributed by atoms with Crippen LogP contribution in [0.1, 0.15) is 17.0 Å². The van der Waals surface area contributed by atoms with Gasteiger partial charge in [-0.05, 0) is 43.3 Å². The minimum Gasteiger partial charge on any atom is -0.338 e. The summed E-state index contributed by atoms with van der Waals surface area (Å²) in [5, 5.41) is 4.64. The van der Waals surface area contributed by atoms with Gasteiger partial charge >= 0.3 is 0 Å². The largest absolute Gasteiger partial charge is 0.338 e. The van der Waals surface area contributed by atoms with Gasteiger partial charge in [-0.3, -0.25) is 4.90 Å². The van der Waals surface area contributed by atoms with Gasteiger partial charge in [-0.25, -0.2) is 4.39 Å². The second kappa shape index (κ2) is 7.11. The van der Waals surface area contributed by atoms with Crippen molar-refractivity contribution in [2.75, 3.05) is 7.05 Å². The van der Waals surface area contributed by atoms with Gasteiger partial charge in [0, 0.05) is 17.1 Å². The monoisotopic (exact) mass is 345 g/mol. The van der Waals surface area contributed by atoms with Crippen LogP contribution < -0.4 is 0 Å². The van der Waals surface area contributed by atoms with Gasteiger partial charge in [0.25, 0.3) is 0 Å². The molecule has 0 aliphatic carbocycles. The van der Waals surface area contributed by atoms with Crippen molar-refractivity contribution in [2.24, 2.45) is 0 Å². The van der Waals surface area contributed by atoms with Crippen molar-refractivity contribution < 1.29 is 8.91 Å². The number of halogens is 2. The zero-order valence-corrected chi connectivity index (χ0v) is 14.2. The van der Waals surface area contributed by atoms with Crippen molar-refractivity contribution in [2.45, 2.75) is 20.0 Å². The van der Waals surface area contributed by atoms with E-state index in [9.17, 15) is 4.39 Å². The van der Waals surface area contributed by atoms with Gasteiger partial charge in [0.1, 0.15) is 5.82 Å². The number of aromatic nitrogens is 2. The first-order chi connectivity index (χ1) is 11.5. The minimum absolute atomic E-state index is 0.281. The van der Waals surface area contributed by atoms with Crippen LogP contribution in [0.25, 0.3) is 11.4 Å². The van der Waals surface area contributed by atoms with Crippen molar-refractivity contribution in [1.29, 1.82) is 0 Å². The molecular formula is C18H17ClFN3O. The average molecular weight is 346 g/mol. The fourth-order valence-electron chi connectivity index (χ4n) is 2.40. The molecule has 0 unspecified atom stereocenters. The van der Waals surface area contributed by atoms with Gasteiger partial charge in [0.05, 0.1) is 6.54 Å². The Morgan fingerprint density at radius 3 is 2.75 bits per heavy atom. The topological polar surface area (TPSA) is 42.2 Å². The Kier molecular flexibility index (Phi) is 4.92. The standard InChI is InChI=1S/C18H17ClFN3O/c1-12-6-7-14(9-16(12)20)18-21-17(24-22-18)11-23(2)10-13-4-3-5-15(19)8-13/h3-9H,10-11H2,1-2H3. The molecule has 0 amide bonds. The molecule has 0 saturated heterocycles. The van der Waals surface area contributed by atoms with E-state index >= 15 is 0 Å². The van der Waals surface area contributed by atoms with Crippen molar-refractivity contribution >= 4 is 11.6 Å². The maximum absolute atomic E-state index is 13.7. The lowest BCUT2D eigenvalue weighted by atomic mass is 10.1. The van der Waals surface area contributed by atoms with Crippen molar-refractivity contribution in [1.82, 2.24) is 15.0 Å². The Morgan fingerprint density at radius 2 is 2.00 bits per heavy atom. The molecule has 0 aliphatic heterocycles. The van der Waals surface area contributed by atoms with E-state index in [-0.39, 0.29) is 5.82 Å². The second-order valence-corrected chi connectivity index (χ2v) is 6.21. The average Bonchev–Trinajstić information content (AvgIpc) is 2.98. The predicted octanol–water partition coefficient (Wildman–Crippen LogP) is 4.47.